The molecule has 1 aliphatic carbocycles. The fraction of sp³-hybridized carbons (Fsp3) is 0.562. The SMILES string of the molecule is CC(C)c1ccc(CC(=O)CCNC2CC2)cc1. The van der Waals surface area contributed by atoms with Crippen molar-refractivity contribution in [3.8, 4) is 0 Å². The van der Waals surface area contributed by atoms with Gasteiger partial charge in [-0.15, -0.1) is 0 Å². The number of hydrogen-bond acceptors (Lipinski definition) is 2. The van der Waals surface area contributed by atoms with E-state index in [0.29, 0.717) is 30.6 Å². The summed E-state index contributed by atoms with van der Waals surface area (Å²) < 4.78 is 0. The van der Waals surface area contributed by atoms with Gasteiger partial charge in [-0.1, -0.05) is 38.1 Å². The van der Waals surface area contributed by atoms with Gasteiger partial charge in [-0.3, -0.25) is 4.79 Å². The summed E-state index contributed by atoms with van der Waals surface area (Å²) in [5, 5.41) is 3.38. The van der Waals surface area contributed by atoms with Crippen LogP contribution in [0.15, 0.2) is 24.3 Å². The van der Waals surface area contributed by atoms with Crippen LogP contribution in [0.25, 0.3) is 0 Å². The van der Waals surface area contributed by atoms with Crippen LogP contribution in [-0.4, -0.2) is 18.4 Å². The Morgan fingerprint density at radius 3 is 2.50 bits per heavy atom. The van der Waals surface area contributed by atoms with Gasteiger partial charge in [-0.2, -0.15) is 0 Å². The predicted octanol–water partition coefficient (Wildman–Crippen LogP) is 3.06. The lowest BCUT2D eigenvalue weighted by molar-refractivity contribution is -0.118. The predicted molar refractivity (Wildman–Crippen MR) is 74.9 cm³/mol. The summed E-state index contributed by atoms with van der Waals surface area (Å²) >= 11 is 0. The van der Waals surface area contributed by atoms with E-state index in [1.54, 1.807) is 0 Å². The van der Waals surface area contributed by atoms with Crippen LogP contribution in [0.2, 0.25) is 0 Å². The number of ketones is 1. The highest BCUT2D eigenvalue weighted by Gasteiger charge is 2.20. The van der Waals surface area contributed by atoms with Crippen molar-refractivity contribution in [1.29, 1.82) is 0 Å². The van der Waals surface area contributed by atoms with Crippen LogP contribution >= 0.6 is 0 Å². The quantitative estimate of drug-likeness (QED) is 0.800. The summed E-state index contributed by atoms with van der Waals surface area (Å²) in [7, 11) is 0. The van der Waals surface area contributed by atoms with Gasteiger partial charge >= 0.3 is 0 Å². The molecule has 1 fully saturated rings. The van der Waals surface area contributed by atoms with Crippen molar-refractivity contribution in [3.05, 3.63) is 35.4 Å². The second-order valence-corrected chi connectivity index (χ2v) is 5.59. The summed E-state index contributed by atoms with van der Waals surface area (Å²) in [6.07, 6.45) is 3.79. The molecule has 0 unspecified atom stereocenters. The van der Waals surface area contributed by atoms with Crippen LogP contribution in [0.4, 0.5) is 0 Å². The van der Waals surface area contributed by atoms with Crippen LogP contribution in [0.1, 0.15) is 50.2 Å². The summed E-state index contributed by atoms with van der Waals surface area (Å²) in [5.41, 5.74) is 2.47. The highest BCUT2D eigenvalue weighted by molar-refractivity contribution is 5.81. The first-order chi connectivity index (χ1) is 8.65. The first-order valence-electron chi connectivity index (χ1n) is 6.99. The van der Waals surface area contributed by atoms with Crippen molar-refractivity contribution in [3.63, 3.8) is 0 Å². The Morgan fingerprint density at radius 1 is 1.28 bits per heavy atom. The zero-order chi connectivity index (χ0) is 13.0. The van der Waals surface area contributed by atoms with Crippen LogP contribution in [0.3, 0.4) is 0 Å². The van der Waals surface area contributed by atoms with Gasteiger partial charge in [0, 0.05) is 25.4 Å². The van der Waals surface area contributed by atoms with Gasteiger partial charge in [-0.05, 0) is 29.9 Å². The molecule has 1 N–H and O–H groups in total. The third kappa shape index (κ3) is 4.26. The first-order valence-corrected chi connectivity index (χ1v) is 6.99. The molecule has 0 spiro atoms. The molecule has 1 aromatic rings. The molecule has 0 saturated heterocycles. The maximum Gasteiger partial charge on any atom is 0.138 e. The van der Waals surface area contributed by atoms with E-state index in [1.807, 2.05) is 0 Å². The maximum absolute atomic E-state index is 11.8. The van der Waals surface area contributed by atoms with Gasteiger partial charge in [0.15, 0.2) is 0 Å². The number of hydrogen-bond donors (Lipinski definition) is 1. The normalized spacial score (nSPS) is 15.1. The van der Waals surface area contributed by atoms with E-state index in [4.69, 9.17) is 0 Å². The second kappa shape index (κ2) is 6.14. The Balaban J connectivity index is 1.75. The molecule has 98 valence electrons. The van der Waals surface area contributed by atoms with Crippen molar-refractivity contribution in [2.24, 2.45) is 0 Å². The van der Waals surface area contributed by atoms with Crippen molar-refractivity contribution >= 4 is 5.78 Å². The molecule has 0 aromatic heterocycles. The van der Waals surface area contributed by atoms with Gasteiger partial charge in [-0.25, -0.2) is 0 Å². The van der Waals surface area contributed by atoms with Crippen molar-refractivity contribution < 1.29 is 4.79 Å². The molecule has 2 nitrogen and oxygen atoms in total. The molecular formula is C16H23NO. The molecule has 1 saturated carbocycles. The lowest BCUT2D eigenvalue weighted by atomic mass is 9.99. The van der Waals surface area contributed by atoms with Gasteiger partial charge < -0.3 is 5.32 Å². The molecule has 2 rings (SSSR count). The molecule has 0 amide bonds. The minimum absolute atomic E-state index is 0.334. The minimum atomic E-state index is 0.334. The van der Waals surface area contributed by atoms with Crippen molar-refractivity contribution in [1.82, 2.24) is 5.32 Å². The Hall–Kier alpha value is -1.15. The zero-order valence-electron chi connectivity index (χ0n) is 11.4. The third-order valence-electron chi connectivity index (χ3n) is 3.46. The number of carbonyl (C=O) groups is 1. The molecule has 0 aliphatic heterocycles. The van der Waals surface area contributed by atoms with Gasteiger partial charge in [0.05, 0.1) is 0 Å². The number of Topliss-reactive ketones (excluding diaryl/α,β-unsaturated/α-hetero) is 1. The molecule has 1 aliphatic rings. The average Bonchev–Trinajstić information content (AvgIpc) is 3.13. The van der Waals surface area contributed by atoms with E-state index >= 15 is 0 Å². The molecule has 0 heterocycles. The van der Waals surface area contributed by atoms with Crippen LogP contribution in [0.5, 0.6) is 0 Å². The summed E-state index contributed by atoms with van der Waals surface area (Å²) in [4.78, 5) is 11.8. The summed E-state index contributed by atoms with van der Waals surface area (Å²) in [6, 6.07) is 9.14. The fourth-order valence-electron chi connectivity index (χ4n) is 2.04. The average molecular weight is 245 g/mol. The lowest BCUT2D eigenvalue weighted by Crippen LogP contribution is -2.20. The summed E-state index contributed by atoms with van der Waals surface area (Å²) in [6.45, 7) is 5.21. The third-order valence-corrected chi connectivity index (χ3v) is 3.46. The largest absolute Gasteiger partial charge is 0.314 e. The van der Waals surface area contributed by atoms with Crippen molar-refractivity contribution in [2.75, 3.05) is 6.54 Å². The molecule has 18 heavy (non-hydrogen) atoms. The van der Waals surface area contributed by atoms with E-state index in [-0.39, 0.29) is 0 Å². The van der Waals surface area contributed by atoms with Gasteiger partial charge in [0.25, 0.3) is 0 Å². The van der Waals surface area contributed by atoms with Crippen LogP contribution in [-0.2, 0) is 11.2 Å². The van der Waals surface area contributed by atoms with E-state index < -0.39 is 0 Å². The van der Waals surface area contributed by atoms with E-state index in [9.17, 15) is 4.79 Å². The molecular weight excluding hydrogens is 222 g/mol. The first kappa shape index (κ1) is 13.3. The van der Waals surface area contributed by atoms with E-state index in [0.717, 1.165) is 12.1 Å². The monoisotopic (exact) mass is 245 g/mol. The number of benzene rings is 1. The molecule has 0 atom stereocenters. The van der Waals surface area contributed by atoms with Gasteiger partial charge in [0.1, 0.15) is 5.78 Å². The zero-order valence-corrected chi connectivity index (χ0v) is 11.4. The Kier molecular flexibility index (Phi) is 4.54. The minimum Gasteiger partial charge on any atom is -0.314 e. The maximum atomic E-state index is 11.8. The smallest absolute Gasteiger partial charge is 0.138 e. The second-order valence-electron chi connectivity index (χ2n) is 5.59. The Morgan fingerprint density at radius 2 is 1.94 bits per heavy atom. The van der Waals surface area contributed by atoms with E-state index in [1.165, 1.54) is 18.4 Å². The van der Waals surface area contributed by atoms with Crippen LogP contribution in [0, 0.1) is 0 Å². The highest BCUT2D eigenvalue weighted by atomic mass is 16.1. The molecule has 0 bridgehead atoms. The number of rotatable bonds is 7. The molecule has 0 radical (unpaired) electrons. The number of nitrogens with one attached hydrogen (secondary N) is 1. The molecule has 2 heteroatoms. The van der Waals surface area contributed by atoms with E-state index in [2.05, 4.69) is 43.4 Å². The van der Waals surface area contributed by atoms with Crippen molar-refractivity contribution in [2.45, 2.75) is 51.5 Å². The topological polar surface area (TPSA) is 29.1 Å². The summed E-state index contributed by atoms with van der Waals surface area (Å²) in [5.74, 6) is 0.887. The van der Waals surface area contributed by atoms with Crippen LogP contribution < -0.4 is 5.32 Å². The lowest BCUT2D eigenvalue weighted by Gasteiger charge is -2.07. The molecule has 1 aromatic carbocycles. The fourth-order valence-corrected chi connectivity index (χ4v) is 2.04. The number of carbonyl (C=O) groups excluding carboxylic acids is 1. The highest BCUT2D eigenvalue weighted by Crippen LogP contribution is 2.18. The Labute approximate surface area is 110 Å². The van der Waals surface area contributed by atoms with Gasteiger partial charge in [0.2, 0.25) is 0 Å². The Bertz CT molecular complexity index is 390. The standard InChI is InChI=1S/C16H23NO/c1-12(2)14-5-3-13(4-6-14)11-16(18)9-10-17-15-7-8-15/h3-6,12,15,17H,7-11H2,1-2H3.